The number of amides is 2. The van der Waals surface area contributed by atoms with Crippen LogP contribution in [0.1, 0.15) is 27.5 Å². The number of nitrogens with one attached hydrogen (secondary N) is 3. The van der Waals surface area contributed by atoms with Gasteiger partial charge >= 0.3 is 12.1 Å². The van der Waals surface area contributed by atoms with Crippen molar-refractivity contribution in [2.24, 2.45) is 0 Å². The molecule has 14 nitrogen and oxygen atoms in total. The van der Waals surface area contributed by atoms with Gasteiger partial charge in [0.05, 0.1) is 28.3 Å². The molecule has 4 aromatic heterocycles. The molecule has 4 aromatic carbocycles. The van der Waals surface area contributed by atoms with Gasteiger partial charge in [0.15, 0.2) is 6.10 Å². The van der Waals surface area contributed by atoms with Crippen LogP contribution in [0.15, 0.2) is 140 Å². The number of halogens is 3. The number of hydrogen-bond donors (Lipinski definition) is 5. The fraction of sp³-hybridized carbons (Fsp3) is 0.130. The third-order valence-electron chi connectivity index (χ3n) is 9.91. The number of aromatic nitrogens is 6. The Hall–Kier alpha value is -8.05. The number of aliphatic carboxylic acids is 1. The molecule has 5 N–H and O–H groups in total. The first-order valence-electron chi connectivity index (χ1n) is 19.3. The lowest BCUT2D eigenvalue weighted by molar-refractivity contribution is -0.192. The summed E-state index contributed by atoms with van der Waals surface area (Å²) in [5.74, 6) is -2.74. The maximum absolute atomic E-state index is 14.3. The molecule has 0 bridgehead atoms. The van der Waals surface area contributed by atoms with Crippen molar-refractivity contribution >= 4 is 57.0 Å². The smallest absolute Gasteiger partial charge is 0.475 e. The number of benzene rings is 4. The quantitative estimate of drug-likeness (QED) is 0.0847. The molecule has 2 unspecified atom stereocenters. The number of carbonyl (C=O) groups is 3. The number of aliphatic hydroxyl groups excluding tert-OH is 1. The number of fused-ring (bicyclic) bond motifs is 2. The van der Waals surface area contributed by atoms with Crippen molar-refractivity contribution in [2.75, 3.05) is 17.7 Å². The number of aliphatic hydroxyl groups is 1. The van der Waals surface area contributed by atoms with Gasteiger partial charge in [-0.3, -0.25) is 19.6 Å². The molecule has 8 rings (SSSR count). The van der Waals surface area contributed by atoms with E-state index >= 15 is 0 Å². The fourth-order valence-corrected chi connectivity index (χ4v) is 6.83. The minimum absolute atomic E-state index is 0.255. The first-order valence-corrected chi connectivity index (χ1v) is 19.3. The molecule has 2 amide bonds. The molecular weight excluding hydrogens is 816 g/mol. The Morgan fingerprint density at radius 2 is 1.59 bits per heavy atom. The summed E-state index contributed by atoms with van der Waals surface area (Å²) in [5, 5.41) is 29.2. The van der Waals surface area contributed by atoms with E-state index in [1.54, 1.807) is 62.2 Å². The third-order valence-corrected chi connectivity index (χ3v) is 9.91. The lowest BCUT2D eigenvalue weighted by Crippen LogP contribution is -2.37. The number of alkyl halides is 3. The van der Waals surface area contributed by atoms with Gasteiger partial charge in [0.1, 0.15) is 5.82 Å². The lowest BCUT2D eigenvalue weighted by Gasteiger charge is -2.27. The van der Waals surface area contributed by atoms with E-state index in [0.29, 0.717) is 51.0 Å². The van der Waals surface area contributed by atoms with E-state index in [0.717, 1.165) is 27.6 Å². The first-order chi connectivity index (χ1) is 30.3. The molecule has 0 fully saturated rings. The van der Waals surface area contributed by atoms with Crippen molar-refractivity contribution in [3.63, 3.8) is 0 Å². The summed E-state index contributed by atoms with van der Waals surface area (Å²) >= 11 is 0. The van der Waals surface area contributed by atoms with Gasteiger partial charge in [-0.05, 0) is 85.1 Å². The highest BCUT2D eigenvalue weighted by molar-refractivity contribution is 6.00. The summed E-state index contributed by atoms with van der Waals surface area (Å²) in [4.78, 5) is 58.9. The Morgan fingerprint density at radius 1 is 0.825 bits per heavy atom. The summed E-state index contributed by atoms with van der Waals surface area (Å²) in [6, 6.07) is 34.8. The highest BCUT2D eigenvalue weighted by atomic mass is 19.4. The highest BCUT2D eigenvalue weighted by Gasteiger charge is 2.38. The zero-order valence-corrected chi connectivity index (χ0v) is 33.6. The molecule has 0 aliphatic rings. The van der Waals surface area contributed by atoms with Crippen molar-refractivity contribution in [3.05, 3.63) is 157 Å². The lowest BCUT2D eigenvalue weighted by atomic mass is 9.99. The topological polar surface area (TPSA) is 197 Å². The molecule has 8 aromatic rings. The average Bonchev–Trinajstić information content (AvgIpc) is 3.67. The largest absolute Gasteiger partial charge is 0.490 e. The van der Waals surface area contributed by atoms with Gasteiger partial charge in [-0.15, -0.1) is 0 Å². The maximum Gasteiger partial charge on any atom is 0.490 e. The second kappa shape index (κ2) is 18.7. The van der Waals surface area contributed by atoms with Crippen LogP contribution >= 0.6 is 0 Å². The molecule has 0 saturated heterocycles. The SMILES string of the molecule is CNC(=O)c1ccc2c(c1)nc(-c1cccc3cccnc13)n2C(Cc1ccccc1)C(O)C(=O)Nc1ccc(C)c(Nc2nccc(-c3cccnc3)n2)c1.O=C(O)C(F)(F)F. The minimum Gasteiger partial charge on any atom is -0.475 e. The standard InChI is InChI=1S/C44H37N9O3.C2HF3O2/c1-27-15-17-32(25-35(27)52-44-48-22-19-34(51-44)31-13-7-20-46-26-31)49-43(56)40(54)38(23-28-9-4-3-5-10-28)53-37-18-16-30(42(55)45-2)24-36(37)50-41(53)33-14-6-11-29-12-8-21-47-39(29)33;3-2(4,5)1(6)7/h3-22,24-26,38,40,54H,23H2,1-2H3,(H,45,55)(H,49,56)(H,48,51,52);(H,6,7). The molecule has 0 saturated carbocycles. The van der Waals surface area contributed by atoms with Crippen LogP contribution in [0.4, 0.5) is 30.5 Å². The van der Waals surface area contributed by atoms with Crippen molar-refractivity contribution in [2.45, 2.75) is 31.7 Å². The summed E-state index contributed by atoms with van der Waals surface area (Å²) < 4.78 is 33.6. The van der Waals surface area contributed by atoms with Crippen LogP contribution in [0.25, 0.3) is 44.6 Å². The Labute approximate surface area is 357 Å². The predicted molar refractivity (Wildman–Crippen MR) is 231 cm³/mol. The van der Waals surface area contributed by atoms with Crippen molar-refractivity contribution in [1.29, 1.82) is 0 Å². The zero-order chi connectivity index (χ0) is 44.7. The van der Waals surface area contributed by atoms with E-state index in [4.69, 9.17) is 19.9 Å². The summed E-state index contributed by atoms with van der Waals surface area (Å²) in [6.45, 7) is 1.94. The van der Waals surface area contributed by atoms with Crippen LogP contribution in [0, 0.1) is 6.92 Å². The van der Waals surface area contributed by atoms with Gasteiger partial charge in [-0.2, -0.15) is 13.2 Å². The minimum atomic E-state index is -5.08. The molecule has 2 atom stereocenters. The predicted octanol–water partition coefficient (Wildman–Crippen LogP) is 7.93. The Kier molecular flexibility index (Phi) is 12.8. The number of carboxylic acid groups (broad SMARTS) is 1. The monoisotopic (exact) mass is 853 g/mol. The Bertz CT molecular complexity index is 2930. The van der Waals surface area contributed by atoms with E-state index in [9.17, 15) is 27.9 Å². The normalized spacial score (nSPS) is 12.2. The Morgan fingerprint density at radius 3 is 2.32 bits per heavy atom. The first kappa shape index (κ1) is 43.1. The fourth-order valence-electron chi connectivity index (χ4n) is 6.83. The van der Waals surface area contributed by atoms with Crippen LogP contribution in [-0.2, 0) is 16.0 Å². The van der Waals surface area contributed by atoms with Gasteiger partial charge in [0.2, 0.25) is 5.95 Å². The van der Waals surface area contributed by atoms with Crippen LogP contribution in [0.5, 0.6) is 0 Å². The molecule has 0 radical (unpaired) electrons. The number of carbonyl (C=O) groups excluding carboxylic acids is 2. The summed E-state index contributed by atoms with van der Waals surface area (Å²) in [6.07, 6.45) is 0.487. The second-order valence-corrected chi connectivity index (χ2v) is 14.1. The molecule has 0 aliphatic heterocycles. The number of imidazole rings is 1. The molecule has 0 aliphatic carbocycles. The molecule has 63 heavy (non-hydrogen) atoms. The highest BCUT2D eigenvalue weighted by Crippen LogP contribution is 2.36. The number of carboxylic acids is 1. The van der Waals surface area contributed by atoms with E-state index < -0.39 is 30.2 Å². The molecule has 4 heterocycles. The second-order valence-electron chi connectivity index (χ2n) is 14.1. The van der Waals surface area contributed by atoms with Crippen LogP contribution < -0.4 is 16.0 Å². The van der Waals surface area contributed by atoms with E-state index in [-0.39, 0.29) is 12.3 Å². The Balaban J connectivity index is 0.000000785. The van der Waals surface area contributed by atoms with Crippen LogP contribution in [0.3, 0.4) is 0 Å². The molecular formula is C46H38F3N9O5. The van der Waals surface area contributed by atoms with Gasteiger partial charge in [0.25, 0.3) is 11.8 Å². The number of rotatable bonds is 11. The van der Waals surface area contributed by atoms with E-state index in [1.807, 2.05) is 96.4 Å². The number of nitrogens with zero attached hydrogens (tertiary/aromatic N) is 6. The van der Waals surface area contributed by atoms with Crippen LogP contribution in [-0.4, -0.2) is 76.8 Å². The number of hydrogen-bond acceptors (Lipinski definition) is 10. The van der Waals surface area contributed by atoms with E-state index in [2.05, 4.69) is 30.9 Å². The van der Waals surface area contributed by atoms with Crippen molar-refractivity contribution in [3.8, 4) is 22.6 Å². The van der Waals surface area contributed by atoms with Gasteiger partial charge in [-0.25, -0.2) is 19.7 Å². The zero-order valence-electron chi connectivity index (χ0n) is 33.6. The molecule has 17 heteroatoms. The number of aryl methyl sites for hydroxylation is 1. The van der Waals surface area contributed by atoms with Gasteiger partial charge in [0, 0.05) is 65.3 Å². The van der Waals surface area contributed by atoms with Gasteiger partial charge in [-0.1, -0.05) is 54.6 Å². The molecule has 318 valence electrons. The van der Waals surface area contributed by atoms with Crippen molar-refractivity contribution < 1.29 is 37.8 Å². The summed E-state index contributed by atoms with van der Waals surface area (Å²) in [7, 11) is 1.57. The molecule has 0 spiro atoms. The maximum atomic E-state index is 14.3. The van der Waals surface area contributed by atoms with E-state index in [1.165, 1.54) is 0 Å². The average molecular weight is 854 g/mol. The van der Waals surface area contributed by atoms with Crippen molar-refractivity contribution in [1.82, 2.24) is 34.8 Å². The van der Waals surface area contributed by atoms with Gasteiger partial charge < -0.3 is 30.7 Å². The number of anilines is 3. The third kappa shape index (κ3) is 9.95. The summed E-state index contributed by atoms with van der Waals surface area (Å²) in [5.41, 5.74) is 7.55. The number of pyridine rings is 2. The van der Waals surface area contributed by atoms with Crippen LogP contribution in [0.2, 0.25) is 0 Å². The number of para-hydroxylation sites is 1.